The number of methoxy groups -OCH3 is 1. The molecule has 0 radical (unpaired) electrons. The molecule has 0 aromatic carbocycles. The standard InChI is InChI=1S/C8H19NOS/c1-8(4-5-9)11-7-3-6-10-2/h8H,3-7,9H2,1-2H3. The predicted octanol–water partition coefficient (Wildman–Crippen LogP) is 1.49. The van der Waals surface area contributed by atoms with Crippen molar-refractivity contribution < 1.29 is 4.74 Å². The highest BCUT2D eigenvalue weighted by Crippen LogP contribution is 2.13. The molecular formula is C8H19NOS. The van der Waals surface area contributed by atoms with E-state index >= 15 is 0 Å². The highest BCUT2D eigenvalue weighted by molar-refractivity contribution is 7.99. The molecular weight excluding hydrogens is 158 g/mol. The van der Waals surface area contributed by atoms with Gasteiger partial charge < -0.3 is 10.5 Å². The van der Waals surface area contributed by atoms with Gasteiger partial charge in [0.2, 0.25) is 0 Å². The summed E-state index contributed by atoms with van der Waals surface area (Å²) in [5.41, 5.74) is 5.42. The Bertz CT molecular complexity index is 80.5. The van der Waals surface area contributed by atoms with Crippen LogP contribution in [0.15, 0.2) is 0 Å². The minimum Gasteiger partial charge on any atom is -0.385 e. The van der Waals surface area contributed by atoms with Gasteiger partial charge in [-0.1, -0.05) is 6.92 Å². The van der Waals surface area contributed by atoms with Gasteiger partial charge >= 0.3 is 0 Å². The molecule has 2 nitrogen and oxygen atoms in total. The molecule has 0 aromatic heterocycles. The number of hydrogen-bond acceptors (Lipinski definition) is 3. The topological polar surface area (TPSA) is 35.2 Å². The van der Waals surface area contributed by atoms with Crippen LogP contribution in [0, 0.1) is 0 Å². The largest absolute Gasteiger partial charge is 0.385 e. The summed E-state index contributed by atoms with van der Waals surface area (Å²) < 4.78 is 4.95. The quantitative estimate of drug-likeness (QED) is 0.598. The van der Waals surface area contributed by atoms with E-state index in [2.05, 4.69) is 6.92 Å². The summed E-state index contributed by atoms with van der Waals surface area (Å²) in [6, 6.07) is 0. The van der Waals surface area contributed by atoms with Crippen molar-refractivity contribution in [3.05, 3.63) is 0 Å². The van der Waals surface area contributed by atoms with E-state index in [9.17, 15) is 0 Å². The number of nitrogens with two attached hydrogens (primary N) is 1. The van der Waals surface area contributed by atoms with Gasteiger partial charge in [-0.15, -0.1) is 0 Å². The zero-order valence-corrected chi connectivity index (χ0v) is 8.32. The molecule has 0 amide bonds. The van der Waals surface area contributed by atoms with E-state index < -0.39 is 0 Å². The Morgan fingerprint density at radius 3 is 2.82 bits per heavy atom. The first-order chi connectivity index (χ1) is 5.31. The molecule has 0 aliphatic heterocycles. The molecule has 0 heterocycles. The molecule has 11 heavy (non-hydrogen) atoms. The summed E-state index contributed by atoms with van der Waals surface area (Å²) in [6.45, 7) is 3.91. The first kappa shape index (κ1) is 11.3. The van der Waals surface area contributed by atoms with E-state index in [1.807, 2.05) is 11.8 Å². The number of rotatable bonds is 7. The Kier molecular flexibility index (Phi) is 8.57. The SMILES string of the molecule is COCCCSC(C)CCN. The van der Waals surface area contributed by atoms with E-state index in [1.54, 1.807) is 7.11 Å². The van der Waals surface area contributed by atoms with Crippen molar-refractivity contribution in [2.24, 2.45) is 5.73 Å². The van der Waals surface area contributed by atoms with Crippen LogP contribution in [0.5, 0.6) is 0 Å². The molecule has 0 aliphatic carbocycles. The summed E-state index contributed by atoms with van der Waals surface area (Å²) in [6.07, 6.45) is 2.27. The van der Waals surface area contributed by atoms with Crippen molar-refractivity contribution in [2.75, 3.05) is 26.0 Å². The fourth-order valence-electron chi connectivity index (χ4n) is 0.806. The van der Waals surface area contributed by atoms with Crippen LogP contribution in [-0.2, 0) is 4.74 Å². The van der Waals surface area contributed by atoms with E-state index in [0.717, 1.165) is 26.0 Å². The van der Waals surface area contributed by atoms with Gasteiger partial charge in [-0.25, -0.2) is 0 Å². The van der Waals surface area contributed by atoms with Crippen molar-refractivity contribution in [3.63, 3.8) is 0 Å². The van der Waals surface area contributed by atoms with Gasteiger partial charge in [0.15, 0.2) is 0 Å². The number of ether oxygens (including phenoxy) is 1. The molecule has 3 heteroatoms. The third kappa shape index (κ3) is 8.17. The lowest BCUT2D eigenvalue weighted by molar-refractivity contribution is 0.200. The second kappa shape index (κ2) is 8.37. The van der Waals surface area contributed by atoms with Crippen LogP contribution in [0.25, 0.3) is 0 Å². The van der Waals surface area contributed by atoms with Crippen molar-refractivity contribution in [1.82, 2.24) is 0 Å². The van der Waals surface area contributed by atoms with Crippen molar-refractivity contribution in [3.8, 4) is 0 Å². The predicted molar refractivity (Wildman–Crippen MR) is 52.1 cm³/mol. The molecule has 68 valence electrons. The van der Waals surface area contributed by atoms with Crippen LogP contribution in [-0.4, -0.2) is 31.3 Å². The average Bonchev–Trinajstić information content (AvgIpc) is 1.99. The van der Waals surface area contributed by atoms with Crippen LogP contribution in [0.3, 0.4) is 0 Å². The Labute approximate surface area is 73.9 Å². The molecule has 1 unspecified atom stereocenters. The van der Waals surface area contributed by atoms with Gasteiger partial charge in [0.05, 0.1) is 0 Å². The Balaban J connectivity index is 2.97. The molecule has 0 saturated heterocycles. The third-order valence-corrected chi connectivity index (χ3v) is 2.80. The molecule has 0 rings (SSSR count). The Hall–Kier alpha value is 0.270. The smallest absolute Gasteiger partial charge is 0.0470 e. The average molecular weight is 177 g/mol. The van der Waals surface area contributed by atoms with Crippen LogP contribution in [0.2, 0.25) is 0 Å². The highest BCUT2D eigenvalue weighted by Gasteiger charge is 1.99. The zero-order chi connectivity index (χ0) is 8.53. The molecule has 2 N–H and O–H groups in total. The van der Waals surface area contributed by atoms with Gasteiger partial charge in [-0.3, -0.25) is 0 Å². The third-order valence-electron chi connectivity index (χ3n) is 1.47. The lowest BCUT2D eigenvalue weighted by atomic mass is 10.3. The van der Waals surface area contributed by atoms with E-state index in [0.29, 0.717) is 5.25 Å². The summed E-state index contributed by atoms with van der Waals surface area (Å²) in [5, 5.41) is 0.705. The van der Waals surface area contributed by atoms with Crippen LogP contribution in [0.1, 0.15) is 19.8 Å². The molecule has 0 aromatic rings. The van der Waals surface area contributed by atoms with Crippen LogP contribution < -0.4 is 5.73 Å². The van der Waals surface area contributed by atoms with Crippen molar-refractivity contribution in [1.29, 1.82) is 0 Å². The number of thioether (sulfide) groups is 1. The van der Waals surface area contributed by atoms with E-state index in [4.69, 9.17) is 10.5 Å². The molecule has 0 bridgehead atoms. The van der Waals surface area contributed by atoms with Crippen LogP contribution >= 0.6 is 11.8 Å². The lowest BCUT2D eigenvalue weighted by Crippen LogP contribution is -2.07. The van der Waals surface area contributed by atoms with E-state index in [-0.39, 0.29) is 0 Å². The summed E-state index contributed by atoms with van der Waals surface area (Å²) in [4.78, 5) is 0. The minimum atomic E-state index is 0.705. The van der Waals surface area contributed by atoms with E-state index in [1.165, 1.54) is 5.75 Å². The fourth-order valence-corrected chi connectivity index (χ4v) is 1.80. The van der Waals surface area contributed by atoms with Crippen LogP contribution in [0.4, 0.5) is 0 Å². The fraction of sp³-hybridized carbons (Fsp3) is 1.00. The Morgan fingerprint density at radius 2 is 2.27 bits per heavy atom. The molecule has 0 saturated carbocycles. The van der Waals surface area contributed by atoms with Gasteiger partial charge in [-0.05, 0) is 25.1 Å². The lowest BCUT2D eigenvalue weighted by Gasteiger charge is -2.08. The highest BCUT2D eigenvalue weighted by atomic mass is 32.2. The summed E-state index contributed by atoms with van der Waals surface area (Å²) in [7, 11) is 1.74. The van der Waals surface area contributed by atoms with Gasteiger partial charge in [0.1, 0.15) is 0 Å². The maximum absolute atomic E-state index is 5.42. The molecule has 0 aliphatic rings. The van der Waals surface area contributed by atoms with Gasteiger partial charge in [0, 0.05) is 19.0 Å². The van der Waals surface area contributed by atoms with Gasteiger partial charge in [0.25, 0.3) is 0 Å². The maximum Gasteiger partial charge on any atom is 0.0470 e. The first-order valence-corrected chi connectivity index (χ1v) is 5.16. The molecule has 0 fully saturated rings. The Morgan fingerprint density at radius 1 is 1.55 bits per heavy atom. The van der Waals surface area contributed by atoms with Gasteiger partial charge in [-0.2, -0.15) is 11.8 Å². The second-order valence-corrected chi connectivity index (χ2v) is 4.15. The number of hydrogen-bond donors (Lipinski definition) is 1. The van der Waals surface area contributed by atoms with Crippen molar-refractivity contribution >= 4 is 11.8 Å². The summed E-state index contributed by atoms with van der Waals surface area (Å²) >= 11 is 1.98. The molecule has 0 spiro atoms. The zero-order valence-electron chi connectivity index (χ0n) is 7.51. The second-order valence-electron chi connectivity index (χ2n) is 2.61. The van der Waals surface area contributed by atoms with Crippen molar-refractivity contribution in [2.45, 2.75) is 25.0 Å². The maximum atomic E-state index is 5.42. The normalized spacial score (nSPS) is 13.4. The molecule has 1 atom stereocenters. The minimum absolute atomic E-state index is 0.705. The monoisotopic (exact) mass is 177 g/mol. The first-order valence-electron chi connectivity index (χ1n) is 4.12. The summed E-state index contributed by atoms with van der Waals surface area (Å²) in [5.74, 6) is 1.19.